The molecule has 28 heavy (non-hydrogen) atoms. The molecule has 2 aromatic rings. The summed E-state index contributed by atoms with van der Waals surface area (Å²) < 4.78 is 4.95. The summed E-state index contributed by atoms with van der Waals surface area (Å²) in [6.07, 6.45) is 0. The highest BCUT2D eigenvalue weighted by atomic mass is 35.5. The molecule has 0 aliphatic rings. The zero-order chi connectivity index (χ0) is 20.8. The first kappa shape index (κ1) is 21.2. The third kappa shape index (κ3) is 5.43. The molecule has 1 amide bonds. The van der Waals surface area contributed by atoms with Gasteiger partial charge in [0.2, 0.25) is 0 Å². The van der Waals surface area contributed by atoms with Gasteiger partial charge in [-0.1, -0.05) is 23.7 Å². The van der Waals surface area contributed by atoms with Crippen LogP contribution in [-0.2, 0) is 16.1 Å². The van der Waals surface area contributed by atoms with Crippen LogP contribution in [-0.4, -0.2) is 49.4 Å². The Morgan fingerprint density at radius 3 is 2.32 bits per heavy atom. The van der Waals surface area contributed by atoms with Crippen molar-refractivity contribution in [1.82, 2.24) is 4.90 Å². The fraction of sp³-hybridized carbons (Fsp3) is 0.263. The van der Waals surface area contributed by atoms with E-state index in [4.69, 9.17) is 16.3 Å². The fourth-order valence-corrected chi connectivity index (χ4v) is 2.57. The van der Waals surface area contributed by atoms with Gasteiger partial charge in [-0.15, -0.1) is 0 Å². The van der Waals surface area contributed by atoms with Gasteiger partial charge in [-0.2, -0.15) is 0 Å². The van der Waals surface area contributed by atoms with Crippen LogP contribution in [0.5, 0.6) is 0 Å². The molecule has 0 N–H and O–H groups in total. The Kier molecular flexibility index (Phi) is 6.94. The lowest BCUT2D eigenvalue weighted by molar-refractivity contribution is -0.385. The van der Waals surface area contributed by atoms with E-state index in [0.29, 0.717) is 6.54 Å². The third-order valence-corrected chi connectivity index (χ3v) is 4.24. The molecular weight excluding hydrogens is 386 g/mol. The SMILES string of the molecule is CN(Cc1ccc(N(C)C)cc1)C(=O)COC(=O)c1ccc(Cl)cc1[N+](=O)[O-]. The number of benzene rings is 2. The van der Waals surface area contributed by atoms with Gasteiger partial charge in [0.15, 0.2) is 6.61 Å². The number of anilines is 1. The quantitative estimate of drug-likeness (QED) is 0.399. The molecule has 0 atom stereocenters. The summed E-state index contributed by atoms with van der Waals surface area (Å²) in [4.78, 5) is 38.0. The fourth-order valence-electron chi connectivity index (χ4n) is 2.41. The molecule has 2 aromatic carbocycles. The van der Waals surface area contributed by atoms with Crippen LogP contribution in [0.4, 0.5) is 11.4 Å². The minimum Gasteiger partial charge on any atom is -0.452 e. The molecule has 0 heterocycles. The summed E-state index contributed by atoms with van der Waals surface area (Å²) in [5, 5.41) is 11.2. The van der Waals surface area contributed by atoms with Crippen LogP contribution in [0.3, 0.4) is 0 Å². The first-order valence-corrected chi connectivity index (χ1v) is 8.68. The maximum absolute atomic E-state index is 12.2. The van der Waals surface area contributed by atoms with Crippen LogP contribution >= 0.6 is 11.6 Å². The van der Waals surface area contributed by atoms with Crippen molar-refractivity contribution in [3.05, 3.63) is 68.7 Å². The van der Waals surface area contributed by atoms with E-state index < -0.39 is 29.1 Å². The van der Waals surface area contributed by atoms with Gasteiger partial charge >= 0.3 is 5.97 Å². The molecule has 0 unspecified atom stereocenters. The Labute approximate surface area is 167 Å². The predicted molar refractivity (Wildman–Crippen MR) is 106 cm³/mol. The van der Waals surface area contributed by atoms with Gasteiger partial charge in [-0.25, -0.2) is 4.79 Å². The molecule has 0 fully saturated rings. The predicted octanol–water partition coefficient (Wildman–Crippen LogP) is 3.13. The van der Waals surface area contributed by atoms with Crippen LogP contribution in [0.25, 0.3) is 0 Å². The van der Waals surface area contributed by atoms with Crippen LogP contribution in [0.1, 0.15) is 15.9 Å². The molecular formula is C19H20ClN3O5. The minimum atomic E-state index is -0.958. The zero-order valence-corrected chi connectivity index (χ0v) is 16.5. The topological polar surface area (TPSA) is 93.0 Å². The highest BCUT2D eigenvalue weighted by molar-refractivity contribution is 6.31. The molecule has 0 bridgehead atoms. The van der Waals surface area contributed by atoms with E-state index in [-0.39, 0.29) is 10.6 Å². The number of amides is 1. The van der Waals surface area contributed by atoms with Gasteiger partial charge in [-0.3, -0.25) is 14.9 Å². The molecule has 8 nitrogen and oxygen atoms in total. The number of esters is 1. The van der Waals surface area contributed by atoms with Crippen molar-refractivity contribution >= 4 is 34.9 Å². The maximum atomic E-state index is 12.2. The van der Waals surface area contributed by atoms with Gasteiger partial charge in [0.05, 0.1) is 4.92 Å². The lowest BCUT2D eigenvalue weighted by Gasteiger charge is -2.18. The van der Waals surface area contributed by atoms with E-state index in [9.17, 15) is 19.7 Å². The number of rotatable bonds is 7. The third-order valence-electron chi connectivity index (χ3n) is 4.00. The van der Waals surface area contributed by atoms with Crippen molar-refractivity contribution in [2.75, 3.05) is 32.6 Å². The smallest absolute Gasteiger partial charge is 0.345 e. The van der Waals surface area contributed by atoms with Crippen molar-refractivity contribution in [2.45, 2.75) is 6.54 Å². The summed E-state index contributed by atoms with van der Waals surface area (Å²) in [6.45, 7) is -0.184. The van der Waals surface area contributed by atoms with Gasteiger partial charge in [0.1, 0.15) is 5.56 Å². The first-order valence-electron chi connectivity index (χ1n) is 8.30. The van der Waals surface area contributed by atoms with Crippen LogP contribution in [0.2, 0.25) is 5.02 Å². The molecule has 0 saturated carbocycles. The largest absolute Gasteiger partial charge is 0.452 e. The molecule has 0 aromatic heterocycles. The molecule has 0 aliphatic carbocycles. The molecule has 0 radical (unpaired) electrons. The Morgan fingerprint density at radius 1 is 1.11 bits per heavy atom. The molecule has 0 aliphatic heterocycles. The standard InChI is InChI=1S/C19H20ClN3O5/c1-21(2)15-7-4-13(5-8-15)11-22(3)18(24)12-28-19(25)16-9-6-14(20)10-17(16)23(26)27/h4-10H,11-12H2,1-3H3. The van der Waals surface area contributed by atoms with Gasteiger partial charge in [0, 0.05) is 44.5 Å². The first-order chi connectivity index (χ1) is 13.2. The van der Waals surface area contributed by atoms with E-state index in [2.05, 4.69) is 0 Å². The van der Waals surface area contributed by atoms with Crippen molar-refractivity contribution in [3.8, 4) is 0 Å². The summed E-state index contributed by atoms with van der Waals surface area (Å²) in [6, 6.07) is 11.3. The Balaban J connectivity index is 1.96. The lowest BCUT2D eigenvalue weighted by atomic mass is 10.2. The monoisotopic (exact) mass is 405 g/mol. The molecule has 0 saturated heterocycles. The second-order valence-corrected chi connectivity index (χ2v) is 6.74. The number of nitro groups is 1. The number of halogens is 1. The van der Waals surface area contributed by atoms with Crippen molar-refractivity contribution in [1.29, 1.82) is 0 Å². The average Bonchev–Trinajstić information content (AvgIpc) is 2.65. The number of carbonyl (C=O) groups excluding carboxylic acids is 2. The Hall–Kier alpha value is -3.13. The van der Waals surface area contributed by atoms with E-state index in [1.165, 1.54) is 17.0 Å². The summed E-state index contributed by atoms with van der Waals surface area (Å²) >= 11 is 5.72. The van der Waals surface area contributed by atoms with Gasteiger partial charge < -0.3 is 14.5 Å². The van der Waals surface area contributed by atoms with Gasteiger partial charge in [0.25, 0.3) is 11.6 Å². The Morgan fingerprint density at radius 2 is 1.75 bits per heavy atom. The van der Waals surface area contributed by atoms with E-state index >= 15 is 0 Å². The summed E-state index contributed by atoms with van der Waals surface area (Å²) in [5.41, 5.74) is 1.22. The number of nitrogens with zero attached hydrogens (tertiary/aromatic N) is 3. The second-order valence-electron chi connectivity index (χ2n) is 6.31. The van der Waals surface area contributed by atoms with Crippen LogP contribution in [0.15, 0.2) is 42.5 Å². The molecule has 148 valence electrons. The number of ether oxygens (including phenoxy) is 1. The summed E-state index contributed by atoms with van der Waals surface area (Å²) in [5.74, 6) is -1.39. The van der Waals surface area contributed by atoms with E-state index in [0.717, 1.165) is 17.3 Å². The van der Waals surface area contributed by atoms with E-state index in [1.807, 2.05) is 43.3 Å². The Bertz CT molecular complexity index is 884. The van der Waals surface area contributed by atoms with Gasteiger partial charge in [-0.05, 0) is 29.8 Å². The summed E-state index contributed by atoms with van der Waals surface area (Å²) in [7, 11) is 5.45. The molecule has 2 rings (SSSR count). The number of likely N-dealkylation sites (N-methyl/N-ethyl adjacent to an activating group) is 1. The number of hydrogen-bond donors (Lipinski definition) is 0. The lowest BCUT2D eigenvalue weighted by Crippen LogP contribution is -2.30. The average molecular weight is 406 g/mol. The maximum Gasteiger partial charge on any atom is 0.345 e. The zero-order valence-electron chi connectivity index (χ0n) is 15.7. The van der Waals surface area contributed by atoms with Crippen LogP contribution in [0, 0.1) is 10.1 Å². The number of nitro benzene ring substituents is 1. The molecule has 0 spiro atoms. The highest BCUT2D eigenvalue weighted by Gasteiger charge is 2.23. The van der Waals surface area contributed by atoms with Crippen molar-refractivity contribution in [3.63, 3.8) is 0 Å². The molecule has 9 heteroatoms. The van der Waals surface area contributed by atoms with Crippen LogP contribution < -0.4 is 4.90 Å². The highest BCUT2D eigenvalue weighted by Crippen LogP contribution is 2.24. The number of hydrogen-bond acceptors (Lipinski definition) is 6. The normalized spacial score (nSPS) is 10.3. The van der Waals surface area contributed by atoms with E-state index in [1.54, 1.807) is 7.05 Å². The van der Waals surface area contributed by atoms with Crippen molar-refractivity contribution < 1.29 is 19.2 Å². The second kappa shape index (κ2) is 9.18. The minimum absolute atomic E-state index is 0.124. The van der Waals surface area contributed by atoms with Crippen molar-refractivity contribution in [2.24, 2.45) is 0 Å². The number of carbonyl (C=O) groups is 2.